The lowest BCUT2D eigenvalue weighted by Gasteiger charge is -2.20. The molecule has 1 aromatic carbocycles. The van der Waals surface area contributed by atoms with Crippen molar-refractivity contribution in [3.8, 4) is 0 Å². The molecular formula is C13H16F2N2O2. The Morgan fingerprint density at radius 2 is 1.79 bits per heavy atom. The summed E-state index contributed by atoms with van der Waals surface area (Å²) < 4.78 is 25.8. The summed E-state index contributed by atoms with van der Waals surface area (Å²) >= 11 is 0. The maximum atomic E-state index is 13.0. The van der Waals surface area contributed by atoms with E-state index >= 15 is 0 Å². The van der Waals surface area contributed by atoms with E-state index in [1.54, 1.807) is 13.8 Å². The van der Waals surface area contributed by atoms with Crippen molar-refractivity contribution in [1.29, 1.82) is 0 Å². The van der Waals surface area contributed by atoms with Crippen molar-refractivity contribution in [3.63, 3.8) is 0 Å². The van der Waals surface area contributed by atoms with Crippen LogP contribution in [0.15, 0.2) is 18.2 Å². The molecule has 2 amide bonds. The summed E-state index contributed by atoms with van der Waals surface area (Å²) in [6.45, 7) is 4.84. The Balaban J connectivity index is 2.81. The molecule has 0 spiro atoms. The number of amides is 2. The fraction of sp³-hybridized carbons (Fsp3) is 0.385. The Labute approximate surface area is 110 Å². The standard InChI is InChI=1S/C13H16F2N2O2/c1-7(2)12(16-8(3)18)13(19)17-9-4-5-10(14)11(15)6-9/h4-7,12H,1-3H3,(H,16,18)(H,17,19). The molecular weight excluding hydrogens is 254 g/mol. The fourth-order valence-corrected chi connectivity index (χ4v) is 1.55. The summed E-state index contributed by atoms with van der Waals surface area (Å²) in [6, 6.07) is 2.33. The van der Waals surface area contributed by atoms with Gasteiger partial charge in [0.25, 0.3) is 0 Å². The van der Waals surface area contributed by atoms with Gasteiger partial charge in [0.15, 0.2) is 11.6 Å². The van der Waals surface area contributed by atoms with Crippen LogP contribution in [0.1, 0.15) is 20.8 Å². The SMILES string of the molecule is CC(=O)NC(C(=O)Nc1ccc(F)c(F)c1)C(C)C. The van der Waals surface area contributed by atoms with Crippen molar-refractivity contribution in [3.05, 3.63) is 29.8 Å². The first-order chi connectivity index (χ1) is 8.81. The van der Waals surface area contributed by atoms with Gasteiger partial charge in [-0.25, -0.2) is 8.78 Å². The van der Waals surface area contributed by atoms with Gasteiger partial charge in [0.2, 0.25) is 11.8 Å². The molecule has 0 bridgehead atoms. The fourth-order valence-electron chi connectivity index (χ4n) is 1.55. The highest BCUT2D eigenvalue weighted by atomic mass is 19.2. The van der Waals surface area contributed by atoms with Gasteiger partial charge < -0.3 is 10.6 Å². The molecule has 0 aliphatic rings. The molecule has 0 aromatic heterocycles. The number of halogens is 2. The topological polar surface area (TPSA) is 58.2 Å². The van der Waals surface area contributed by atoms with E-state index in [1.165, 1.54) is 13.0 Å². The minimum absolute atomic E-state index is 0.130. The third kappa shape index (κ3) is 4.31. The van der Waals surface area contributed by atoms with Crippen molar-refractivity contribution in [2.75, 3.05) is 5.32 Å². The van der Waals surface area contributed by atoms with E-state index in [9.17, 15) is 18.4 Å². The highest BCUT2D eigenvalue weighted by molar-refractivity contribution is 5.97. The van der Waals surface area contributed by atoms with Crippen LogP contribution in [0.5, 0.6) is 0 Å². The van der Waals surface area contributed by atoms with Gasteiger partial charge in [0, 0.05) is 18.7 Å². The van der Waals surface area contributed by atoms with Crippen molar-refractivity contribution in [2.24, 2.45) is 5.92 Å². The molecule has 0 saturated carbocycles. The second-order valence-electron chi connectivity index (χ2n) is 4.54. The van der Waals surface area contributed by atoms with Gasteiger partial charge in [-0.05, 0) is 18.1 Å². The van der Waals surface area contributed by atoms with E-state index in [0.717, 1.165) is 12.1 Å². The summed E-state index contributed by atoms with van der Waals surface area (Å²) in [5, 5.41) is 4.94. The maximum absolute atomic E-state index is 13.0. The number of nitrogens with one attached hydrogen (secondary N) is 2. The predicted octanol–water partition coefficient (Wildman–Crippen LogP) is 2.06. The van der Waals surface area contributed by atoms with Crippen LogP contribution in [0, 0.1) is 17.6 Å². The molecule has 1 aromatic rings. The first-order valence-corrected chi connectivity index (χ1v) is 5.84. The summed E-state index contributed by atoms with van der Waals surface area (Å²) in [6.07, 6.45) is 0. The van der Waals surface area contributed by atoms with Crippen LogP contribution in [0.2, 0.25) is 0 Å². The first kappa shape index (κ1) is 15.1. The molecule has 0 aliphatic heterocycles. The number of carbonyl (C=O) groups excluding carboxylic acids is 2. The van der Waals surface area contributed by atoms with Crippen LogP contribution in [0.3, 0.4) is 0 Å². The molecule has 0 heterocycles. The Kier molecular flexibility index (Phi) is 4.97. The van der Waals surface area contributed by atoms with Gasteiger partial charge in [-0.15, -0.1) is 0 Å². The number of rotatable bonds is 4. The molecule has 0 aliphatic carbocycles. The average Bonchev–Trinajstić information content (AvgIpc) is 2.30. The molecule has 0 saturated heterocycles. The van der Waals surface area contributed by atoms with Crippen LogP contribution in [-0.2, 0) is 9.59 Å². The summed E-state index contributed by atoms with van der Waals surface area (Å²) in [7, 11) is 0. The minimum atomic E-state index is -1.04. The molecule has 19 heavy (non-hydrogen) atoms. The number of hydrogen-bond donors (Lipinski definition) is 2. The first-order valence-electron chi connectivity index (χ1n) is 5.84. The lowest BCUT2D eigenvalue weighted by atomic mass is 10.0. The Bertz CT molecular complexity index is 490. The monoisotopic (exact) mass is 270 g/mol. The van der Waals surface area contributed by atoms with Gasteiger partial charge in [0.1, 0.15) is 6.04 Å². The Morgan fingerprint density at radius 1 is 1.16 bits per heavy atom. The molecule has 104 valence electrons. The van der Waals surface area contributed by atoms with Crippen LogP contribution in [0.4, 0.5) is 14.5 Å². The van der Waals surface area contributed by atoms with Gasteiger partial charge >= 0.3 is 0 Å². The molecule has 4 nitrogen and oxygen atoms in total. The number of hydrogen-bond acceptors (Lipinski definition) is 2. The van der Waals surface area contributed by atoms with Gasteiger partial charge in [-0.2, -0.15) is 0 Å². The molecule has 1 atom stereocenters. The number of anilines is 1. The molecule has 0 radical (unpaired) electrons. The van der Waals surface area contributed by atoms with E-state index in [4.69, 9.17) is 0 Å². The van der Waals surface area contributed by atoms with Crippen LogP contribution in [-0.4, -0.2) is 17.9 Å². The van der Waals surface area contributed by atoms with E-state index in [2.05, 4.69) is 10.6 Å². The van der Waals surface area contributed by atoms with Crippen molar-refractivity contribution in [1.82, 2.24) is 5.32 Å². The summed E-state index contributed by atoms with van der Waals surface area (Å²) in [5.74, 6) is -2.97. The van der Waals surface area contributed by atoms with Crippen LogP contribution in [0.25, 0.3) is 0 Å². The zero-order valence-corrected chi connectivity index (χ0v) is 11.0. The van der Waals surface area contributed by atoms with E-state index in [1.807, 2.05) is 0 Å². The highest BCUT2D eigenvalue weighted by Gasteiger charge is 2.23. The molecule has 2 N–H and O–H groups in total. The second-order valence-corrected chi connectivity index (χ2v) is 4.54. The van der Waals surface area contributed by atoms with Crippen molar-refractivity contribution in [2.45, 2.75) is 26.8 Å². The molecule has 1 rings (SSSR count). The Morgan fingerprint density at radius 3 is 2.26 bits per heavy atom. The van der Waals surface area contributed by atoms with Gasteiger partial charge in [-0.3, -0.25) is 9.59 Å². The van der Waals surface area contributed by atoms with E-state index < -0.39 is 23.6 Å². The molecule has 6 heteroatoms. The smallest absolute Gasteiger partial charge is 0.247 e. The van der Waals surface area contributed by atoms with Gasteiger partial charge in [0.05, 0.1) is 0 Å². The Hall–Kier alpha value is -1.98. The highest BCUT2D eigenvalue weighted by Crippen LogP contribution is 2.14. The third-order valence-corrected chi connectivity index (χ3v) is 2.50. The van der Waals surface area contributed by atoms with Crippen molar-refractivity contribution >= 4 is 17.5 Å². The quantitative estimate of drug-likeness (QED) is 0.880. The van der Waals surface area contributed by atoms with Crippen LogP contribution >= 0.6 is 0 Å². The summed E-state index contributed by atoms with van der Waals surface area (Å²) in [4.78, 5) is 23.0. The van der Waals surface area contributed by atoms with E-state index in [-0.39, 0.29) is 17.5 Å². The minimum Gasteiger partial charge on any atom is -0.344 e. The predicted molar refractivity (Wildman–Crippen MR) is 67.4 cm³/mol. The zero-order chi connectivity index (χ0) is 14.6. The second kappa shape index (κ2) is 6.26. The van der Waals surface area contributed by atoms with Crippen LogP contribution < -0.4 is 10.6 Å². The molecule has 1 unspecified atom stereocenters. The lowest BCUT2D eigenvalue weighted by Crippen LogP contribution is -2.46. The van der Waals surface area contributed by atoms with E-state index in [0.29, 0.717) is 0 Å². The number of benzene rings is 1. The third-order valence-electron chi connectivity index (χ3n) is 2.50. The van der Waals surface area contributed by atoms with Gasteiger partial charge in [-0.1, -0.05) is 13.8 Å². The van der Waals surface area contributed by atoms with Crippen molar-refractivity contribution < 1.29 is 18.4 Å². The number of carbonyl (C=O) groups is 2. The lowest BCUT2D eigenvalue weighted by molar-refractivity contribution is -0.126. The normalized spacial score (nSPS) is 12.1. The largest absolute Gasteiger partial charge is 0.344 e. The summed E-state index contributed by atoms with van der Waals surface area (Å²) in [5.41, 5.74) is 0.139. The average molecular weight is 270 g/mol. The maximum Gasteiger partial charge on any atom is 0.247 e. The zero-order valence-electron chi connectivity index (χ0n) is 11.0. The molecule has 0 fully saturated rings.